The predicted molar refractivity (Wildman–Crippen MR) is 163 cm³/mol. The molecule has 0 unspecified atom stereocenters. The highest BCUT2D eigenvalue weighted by atomic mass is 15.0. The van der Waals surface area contributed by atoms with Gasteiger partial charge in [-0.1, -0.05) is 143 Å². The van der Waals surface area contributed by atoms with Gasteiger partial charge in [-0.05, 0) is 61.0 Å². The third kappa shape index (κ3) is 5.76. The Balaban J connectivity index is 1.85. The molecule has 0 fully saturated rings. The van der Waals surface area contributed by atoms with Crippen molar-refractivity contribution in [1.82, 2.24) is 4.90 Å². The summed E-state index contributed by atoms with van der Waals surface area (Å²) in [6.45, 7) is 3.25. The lowest BCUT2D eigenvalue weighted by Gasteiger charge is -2.25. The van der Waals surface area contributed by atoms with E-state index < -0.39 is 0 Å². The van der Waals surface area contributed by atoms with E-state index >= 15 is 0 Å². The Labute approximate surface area is 222 Å². The predicted octanol–water partition coefficient (Wildman–Crippen LogP) is 6.86. The van der Waals surface area contributed by atoms with Crippen LogP contribution < -0.4 is 10.9 Å². The van der Waals surface area contributed by atoms with Crippen molar-refractivity contribution in [3.8, 4) is 0 Å². The van der Waals surface area contributed by atoms with Crippen molar-refractivity contribution in [1.29, 1.82) is 0 Å². The molecule has 1 nitrogen and oxygen atoms in total. The van der Waals surface area contributed by atoms with Gasteiger partial charge in [0.2, 0.25) is 6.71 Å². The lowest BCUT2D eigenvalue weighted by atomic mass is 9.34. The Morgan fingerprint density at radius 3 is 1.86 bits per heavy atom. The van der Waals surface area contributed by atoms with Gasteiger partial charge in [-0.25, -0.2) is 0 Å². The quantitative estimate of drug-likeness (QED) is 0.174. The van der Waals surface area contributed by atoms with Gasteiger partial charge in [0.25, 0.3) is 0 Å². The Morgan fingerprint density at radius 1 is 0.595 bits per heavy atom. The van der Waals surface area contributed by atoms with E-state index in [-0.39, 0.29) is 6.71 Å². The normalized spacial score (nSPS) is 12.0. The average molecular weight is 479 g/mol. The van der Waals surface area contributed by atoms with Crippen LogP contribution in [0.3, 0.4) is 0 Å². The average Bonchev–Trinajstić information content (AvgIpc) is 2.94. The molecular weight excluding hydrogens is 445 g/mol. The summed E-state index contributed by atoms with van der Waals surface area (Å²) in [6.07, 6.45) is 0.967. The minimum absolute atomic E-state index is 0.111. The van der Waals surface area contributed by atoms with Crippen LogP contribution in [-0.4, -0.2) is 32.3 Å². The van der Waals surface area contributed by atoms with Crippen molar-refractivity contribution in [3.05, 3.63) is 144 Å². The van der Waals surface area contributed by atoms with E-state index in [0.29, 0.717) is 0 Å². The maximum absolute atomic E-state index is 2.38. The lowest BCUT2D eigenvalue weighted by Crippen LogP contribution is -2.44. The van der Waals surface area contributed by atoms with Crippen molar-refractivity contribution in [2.75, 3.05) is 20.6 Å². The Morgan fingerprint density at radius 2 is 1.19 bits per heavy atom. The van der Waals surface area contributed by atoms with Crippen LogP contribution >= 0.6 is 0 Å². The second-order valence-corrected chi connectivity index (χ2v) is 10.1. The van der Waals surface area contributed by atoms with Gasteiger partial charge in [0.1, 0.15) is 0 Å². The molecule has 5 aromatic carbocycles. The molecule has 0 atom stereocenters. The summed E-state index contributed by atoms with van der Waals surface area (Å²) in [5, 5.41) is 2.54. The van der Waals surface area contributed by atoms with E-state index in [2.05, 4.69) is 153 Å². The van der Waals surface area contributed by atoms with Crippen molar-refractivity contribution in [2.24, 2.45) is 0 Å². The summed E-state index contributed by atoms with van der Waals surface area (Å²) < 4.78 is 0. The molecule has 0 bridgehead atoms. The molecule has 5 rings (SSSR count). The van der Waals surface area contributed by atoms with Crippen LogP contribution in [0.4, 0.5) is 0 Å². The van der Waals surface area contributed by atoms with Crippen LogP contribution in [-0.2, 0) is 0 Å². The molecule has 0 spiro atoms. The Kier molecular flexibility index (Phi) is 7.68. The molecule has 0 aromatic heterocycles. The fourth-order valence-corrected chi connectivity index (χ4v) is 5.21. The van der Waals surface area contributed by atoms with Crippen molar-refractivity contribution >= 4 is 39.5 Å². The van der Waals surface area contributed by atoms with Gasteiger partial charge in [0.15, 0.2) is 0 Å². The summed E-state index contributed by atoms with van der Waals surface area (Å²) in [7, 11) is 4.32. The zero-order valence-corrected chi connectivity index (χ0v) is 22.1. The highest BCUT2D eigenvalue weighted by Gasteiger charge is 2.28. The highest BCUT2D eigenvalue weighted by Crippen LogP contribution is 2.33. The van der Waals surface area contributed by atoms with Gasteiger partial charge in [-0.2, -0.15) is 0 Å². The van der Waals surface area contributed by atoms with Crippen LogP contribution in [0.5, 0.6) is 0 Å². The summed E-state index contributed by atoms with van der Waals surface area (Å²) in [4.78, 5) is 2.28. The van der Waals surface area contributed by atoms with Crippen molar-refractivity contribution in [3.63, 3.8) is 0 Å². The zero-order chi connectivity index (χ0) is 25.6. The van der Waals surface area contributed by atoms with Gasteiger partial charge in [-0.15, -0.1) is 0 Å². The SMILES string of the molecule is Cc1ccc(B(/C(=C(\CCN(C)C)c2ccccc2)c2ccc3ccccc3c2)c2ccccc2)cc1. The van der Waals surface area contributed by atoms with E-state index in [1.165, 1.54) is 49.4 Å². The highest BCUT2D eigenvalue weighted by molar-refractivity contribution is 7.00. The van der Waals surface area contributed by atoms with E-state index in [4.69, 9.17) is 0 Å². The zero-order valence-electron chi connectivity index (χ0n) is 22.1. The molecule has 0 saturated heterocycles. The standard InChI is InChI=1S/C35H34BN/c1-27-18-22-33(23-19-27)36(32-16-8-5-9-17-32)35(31-21-20-28-12-10-11-15-30(28)26-31)34(24-25-37(2)3)29-13-6-4-7-14-29/h4-23,26H,24-25H2,1-3H3/b35-34+. The van der Waals surface area contributed by atoms with E-state index in [9.17, 15) is 0 Å². The number of nitrogens with zero attached hydrogens (tertiary/aromatic N) is 1. The number of aryl methyl sites for hydroxylation is 1. The fraction of sp³-hybridized carbons (Fsp3) is 0.143. The maximum Gasteiger partial charge on any atom is 0.242 e. The number of hydrogen-bond donors (Lipinski definition) is 0. The van der Waals surface area contributed by atoms with Gasteiger partial charge in [0, 0.05) is 6.54 Å². The summed E-state index contributed by atoms with van der Waals surface area (Å²) in [5.74, 6) is 0. The molecule has 0 amide bonds. The third-order valence-electron chi connectivity index (χ3n) is 7.15. The molecule has 5 aromatic rings. The monoisotopic (exact) mass is 479 g/mol. The first-order chi connectivity index (χ1) is 18.1. The topological polar surface area (TPSA) is 3.24 Å². The van der Waals surface area contributed by atoms with Crippen LogP contribution in [0.15, 0.2) is 127 Å². The molecule has 37 heavy (non-hydrogen) atoms. The smallest absolute Gasteiger partial charge is 0.242 e. The van der Waals surface area contributed by atoms with Crippen molar-refractivity contribution in [2.45, 2.75) is 13.3 Å². The number of fused-ring (bicyclic) bond motifs is 1. The molecule has 0 aliphatic heterocycles. The first-order valence-corrected chi connectivity index (χ1v) is 13.1. The summed E-state index contributed by atoms with van der Waals surface area (Å²) in [5.41, 5.74) is 9.27. The molecule has 0 aliphatic carbocycles. The molecule has 0 radical (unpaired) electrons. The first-order valence-electron chi connectivity index (χ1n) is 13.1. The Hall–Kier alpha value is -3.88. The van der Waals surface area contributed by atoms with Crippen LogP contribution in [0.25, 0.3) is 21.8 Å². The van der Waals surface area contributed by atoms with Gasteiger partial charge in [0.05, 0.1) is 0 Å². The maximum atomic E-state index is 2.38. The molecule has 0 heterocycles. The van der Waals surface area contributed by atoms with Gasteiger partial charge < -0.3 is 4.90 Å². The van der Waals surface area contributed by atoms with Gasteiger partial charge >= 0.3 is 0 Å². The van der Waals surface area contributed by atoms with Crippen LogP contribution in [0.1, 0.15) is 23.1 Å². The lowest BCUT2D eigenvalue weighted by molar-refractivity contribution is 0.419. The van der Waals surface area contributed by atoms with E-state index in [0.717, 1.165) is 13.0 Å². The minimum atomic E-state index is 0.111. The van der Waals surface area contributed by atoms with Gasteiger partial charge in [-0.3, -0.25) is 0 Å². The summed E-state index contributed by atoms with van der Waals surface area (Å²) >= 11 is 0. The second kappa shape index (κ2) is 11.5. The van der Waals surface area contributed by atoms with Crippen LogP contribution in [0, 0.1) is 6.92 Å². The second-order valence-electron chi connectivity index (χ2n) is 10.1. The number of hydrogen-bond acceptors (Lipinski definition) is 1. The first kappa shape index (κ1) is 24.8. The molecule has 0 aliphatic rings. The number of rotatable bonds is 8. The number of benzene rings is 5. The molecule has 0 saturated carbocycles. The minimum Gasteiger partial charge on any atom is -0.309 e. The Bertz CT molecular complexity index is 1490. The van der Waals surface area contributed by atoms with E-state index in [1.54, 1.807) is 0 Å². The van der Waals surface area contributed by atoms with Crippen LogP contribution in [0.2, 0.25) is 0 Å². The van der Waals surface area contributed by atoms with E-state index in [1.807, 2.05) is 0 Å². The molecule has 2 heteroatoms. The molecular formula is C35H34BN. The summed E-state index contributed by atoms with van der Waals surface area (Å²) in [6, 6.07) is 46.7. The molecule has 182 valence electrons. The third-order valence-corrected chi connectivity index (χ3v) is 7.15. The van der Waals surface area contributed by atoms with Crippen molar-refractivity contribution < 1.29 is 0 Å². The largest absolute Gasteiger partial charge is 0.309 e. The molecule has 0 N–H and O–H groups in total. The fourth-order valence-electron chi connectivity index (χ4n) is 5.21.